The summed E-state index contributed by atoms with van der Waals surface area (Å²) in [6, 6.07) is -2.41. The molecule has 0 radical (unpaired) electrons. The summed E-state index contributed by atoms with van der Waals surface area (Å²) < 4.78 is 0. The van der Waals surface area contributed by atoms with Crippen LogP contribution in [0.1, 0.15) is 78.1 Å². The second-order valence-electron chi connectivity index (χ2n) is 9.08. The third-order valence-electron chi connectivity index (χ3n) is 5.97. The van der Waals surface area contributed by atoms with Crippen molar-refractivity contribution in [3.05, 3.63) is 0 Å². The Labute approximate surface area is 220 Å². The average molecular weight is 543 g/mol. The molecule has 14 heteroatoms. The lowest BCUT2D eigenvalue weighted by Gasteiger charge is -2.24. The number of hydrogen-bond donors (Lipinski definition) is 6. The zero-order valence-corrected chi connectivity index (χ0v) is 21.7. The van der Waals surface area contributed by atoms with Gasteiger partial charge in [-0.2, -0.15) is 0 Å². The van der Waals surface area contributed by atoms with Crippen molar-refractivity contribution in [2.24, 2.45) is 23.3 Å². The number of aliphatic carboxylic acids is 2. The molecule has 214 valence electrons. The number of ketones is 2. The molecule has 0 rings (SSSR count). The number of carboxylic acids is 2. The summed E-state index contributed by atoms with van der Waals surface area (Å²) in [6.07, 6.45) is -1.88. The zero-order valence-electron chi connectivity index (χ0n) is 21.7. The SMILES string of the molecule is CC[C@@H](CCC(N)=O)C(=O)N[C@@H](CCC(=O)O)C(=O)C[C@@H](CCC(N)=O)C(=O)N[C@@H](CCC(=O)O)C(C)=O. The first-order chi connectivity index (χ1) is 17.7. The predicted octanol–water partition coefficient (Wildman–Crippen LogP) is -0.593. The van der Waals surface area contributed by atoms with Gasteiger partial charge in [0.2, 0.25) is 23.6 Å². The molecule has 14 nitrogen and oxygen atoms in total. The van der Waals surface area contributed by atoms with Gasteiger partial charge < -0.3 is 32.3 Å². The Hall–Kier alpha value is -3.84. The van der Waals surface area contributed by atoms with Crippen LogP contribution < -0.4 is 22.1 Å². The third-order valence-corrected chi connectivity index (χ3v) is 5.97. The van der Waals surface area contributed by atoms with Gasteiger partial charge in [0.1, 0.15) is 0 Å². The minimum absolute atomic E-state index is 0.0613. The van der Waals surface area contributed by atoms with E-state index in [1.165, 1.54) is 0 Å². The maximum Gasteiger partial charge on any atom is 0.303 e. The summed E-state index contributed by atoms with van der Waals surface area (Å²) in [6.45, 7) is 2.86. The van der Waals surface area contributed by atoms with Gasteiger partial charge in [0.25, 0.3) is 0 Å². The quantitative estimate of drug-likeness (QED) is 0.107. The highest BCUT2D eigenvalue weighted by Crippen LogP contribution is 2.18. The molecule has 0 bridgehead atoms. The van der Waals surface area contributed by atoms with Gasteiger partial charge in [0, 0.05) is 43.9 Å². The highest BCUT2D eigenvalue weighted by atomic mass is 16.4. The smallest absolute Gasteiger partial charge is 0.303 e. The molecule has 0 aromatic heterocycles. The van der Waals surface area contributed by atoms with Crippen LogP contribution in [0.25, 0.3) is 0 Å². The molecule has 0 heterocycles. The van der Waals surface area contributed by atoms with Crippen molar-refractivity contribution in [2.75, 3.05) is 0 Å². The second-order valence-corrected chi connectivity index (χ2v) is 9.08. The van der Waals surface area contributed by atoms with E-state index in [9.17, 15) is 38.4 Å². The maximum absolute atomic E-state index is 13.1. The molecule has 0 fully saturated rings. The van der Waals surface area contributed by atoms with Crippen LogP contribution in [0.4, 0.5) is 0 Å². The Balaban J connectivity index is 5.73. The molecule has 0 aliphatic rings. The first-order valence-electron chi connectivity index (χ1n) is 12.3. The van der Waals surface area contributed by atoms with Gasteiger partial charge >= 0.3 is 11.9 Å². The molecule has 38 heavy (non-hydrogen) atoms. The van der Waals surface area contributed by atoms with Crippen molar-refractivity contribution < 1.29 is 48.6 Å². The first-order valence-corrected chi connectivity index (χ1v) is 12.3. The van der Waals surface area contributed by atoms with Crippen LogP contribution in [0.15, 0.2) is 0 Å². The van der Waals surface area contributed by atoms with Crippen LogP contribution in [0.2, 0.25) is 0 Å². The van der Waals surface area contributed by atoms with Gasteiger partial charge in [-0.05, 0) is 39.0 Å². The van der Waals surface area contributed by atoms with Crippen molar-refractivity contribution in [3.8, 4) is 0 Å². The standard InChI is InChI=1S/C24H38N4O10/c1-3-14(4-8-19(25)31)23(37)28-17(7-11-22(35)36)18(30)12-15(5-9-20(26)32)24(38)27-16(13(2)29)6-10-21(33)34/h14-17H,3-12H2,1-2H3,(H2,25,31)(H2,26,32)(H,27,38)(H,28,37)(H,33,34)(H,35,36)/t14-,15+,16-,17-/m0/s1. The van der Waals surface area contributed by atoms with Gasteiger partial charge in [-0.1, -0.05) is 6.92 Å². The van der Waals surface area contributed by atoms with Gasteiger partial charge in [-0.25, -0.2) is 0 Å². The fourth-order valence-electron chi connectivity index (χ4n) is 3.67. The molecule has 0 aliphatic carbocycles. The summed E-state index contributed by atoms with van der Waals surface area (Å²) in [7, 11) is 0. The van der Waals surface area contributed by atoms with Crippen LogP contribution in [0.5, 0.6) is 0 Å². The molecule has 0 spiro atoms. The molecule has 0 saturated carbocycles. The van der Waals surface area contributed by atoms with Gasteiger partial charge in [0.15, 0.2) is 11.6 Å². The zero-order chi connectivity index (χ0) is 29.4. The van der Waals surface area contributed by atoms with E-state index in [2.05, 4.69) is 10.6 Å². The van der Waals surface area contributed by atoms with E-state index >= 15 is 0 Å². The second kappa shape index (κ2) is 17.6. The van der Waals surface area contributed by atoms with Crippen LogP contribution >= 0.6 is 0 Å². The lowest BCUT2D eigenvalue weighted by atomic mass is 9.90. The van der Waals surface area contributed by atoms with Crippen LogP contribution in [0.3, 0.4) is 0 Å². The van der Waals surface area contributed by atoms with Gasteiger partial charge in [0.05, 0.1) is 12.1 Å². The molecular weight excluding hydrogens is 504 g/mol. The summed E-state index contributed by atoms with van der Waals surface area (Å²) in [5.74, 6) is -8.14. The van der Waals surface area contributed by atoms with Crippen molar-refractivity contribution in [1.82, 2.24) is 10.6 Å². The summed E-state index contributed by atoms with van der Waals surface area (Å²) in [4.78, 5) is 95.1. The number of carbonyl (C=O) groups excluding carboxylic acids is 6. The Bertz CT molecular complexity index is 905. The van der Waals surface area contributed by atoms with Crippen molar-refractivity contribution in [1.29, 1.82) is 0 Å². The predicted molar refractivity (Wildman–Crippen MR) is 132 cm³/mol. The van der Waals surface area contributed by atoms with Gasteiger partial charge in [-0.3, -0.25) is 38.4 Å². The van der Waals surface area contributed by atoms with E-state index in [4.69, 9.17) is 21.7 Å². The van der Waals surface area contributed by atoms with Crippen LogP contribution in [-0.2, 0) is 38.4 Å². The Morgan fingerprint density at radius 2 is 1.08 bits per heavy atom. The molecule has 0 aromatic carbocycles. The van der Waals surface area contributed by atoms with E-state index < -0.39 is 90.3 Å². The topological polar surface area (TPSA) is 253 Å². The van der Waals surface area contributed by atoms with E-state index in [0.717, 1.165) is 6.92 Å². The fourth-order valence-corrected chi connectivity index (χ4v) is 3.67. The number of rotatable bonds is 21. The number of nitrogens with two attached hydrogens (primary N) is 2. The first kappa shape index (κ1) is 34.2. The van der Waals surface area contributed by atoms with Crippen molar-refractivity contribution in [2.45, 2.75) is 90.1 Å². The van der Waals surface area contributed by atoms with Crippen LogP contribution in [0, 0.1) is 11.8 Å². The largest absolute Gasteiger partial charge is 0.481 e. The number of carbonyl (C=O) groups is 8. The summed E-state index contributed by atoms with van der Waals surface area (Å²) >= 11 is 0. The minimum atomic E-state index is -1.28. The molecule has 0 saturated heterocycles. The Kier molecular flexibility index (Phi) is 15.8. The monoisotopic (exact) mass is 542 g/mol. The number of nitrogens with one attached hydrogen (secondary N) is 2. The summed E-state index contributed by atoms with van der Waals surface area (Å²) in [5, 5.41) is 22.8. The van der Waals surface area contributed by atoms with E-state index in [1.807, 2.05) is 0 Å². The minimum Gasteiger partial charge on any atom is -0.481 e. The molecular formula is C24H38N4O10. The Morgan fingerprint density at radius 1 is 0.658 bits per heavy atom. The number of carboxylic acid groups (broad SMARTS) is 2. The van der Waals surface area contributed by atoms with E-state index in [0.29, 0.717) is 6.42 Å². The molecule has 0 unspecified atom stereocenters. The lowest BCUT2D eigenvalue weighted by molar-refractivity contribution is -0.139. The fraction of sp³-hybridized carbons (Fsp3) is 0.667. The van der Waals surface area contributed by atoms with Crippen molar-refractivity contribution >= 4 is 47.1 Å². The normalized spacial score (nSPS) is 13.8. The lowest BCUT2D eigenvalue weighted by Crippen LogP contribution is -2.47. The Morgan fingerprint density at radius 3 is 1.50 bits per heavy atom. The van der Waals surface area contributed by atoms with Crippen LogP contribution in [-0.4, -0.2) is 69.4 Å². The van der Waals surface area contributed by atoms with E-state index in [1.54, 1.807) is 6.92 Å². The molecule has 0 aliphatic heterocycles. The molecule has 0 aromatic rings. The number of hydrogen-bond acceptors (Lipinski definition) is 8. The maximum atomic E-state index is 13.1. The highest BCUT2D eigenvalue weighted by molar-refractivity contribution is 5.95. The molecule has 4 amide bonds. The number of primary amides is 2. The van der Waals surface area contributed by atoms with Gasteiger partial charge in [-0.15, -0.1) is 0 Å². The summed E-state index contributed by atoms with van der Waals surface area (Å²) in [5.41, 5.74) is 10.3. The molecule has 4 atom stereocenters. The van der Waals surface area contributed by atoms with Crippen molar-refractivity contribution in [3.63, 3.8) is 0 Å². The highest BCUT2D eigenvalue weighted by Gasteiger charge is 2.31. The third kappa shape index (κ3) is 14.7. The number of amides is 4. The number of Topliss-reactive ketones (excluding diaryl/α,β-unsaturated/α-hetero) is 2. The van der Waals surface area contributed by atoms with E-state index in [-0.39, 0.29) is 38.5 Å². The average Bonchev–Trinajstić information content (AvgIpc) is 2.81. The molecule has 8 N–H and O–H groups in total.